The molecular formula is C24H18O4S. The molecule has 0 aliphatic rings. The van der Waals surface area contributed by atoms with Crippen molar-refractivity contribution >= 4 is 9.84 Å². The zero-order chi connectivity index (χ0) is 20.4. The van der Waals surface area contributed by atoms with E-state index in [0.29, 0.717) is 11.1 Å². The molecule has 0 aliphatic carbocycles. The van der Waals surface area contributed by atoms with Gasteiger partial charge in [0.15, 0.2) is 0 Å². The second-order valence-corrected chi connectivity index (χ2v) is 8.51. The molecule has 0 amide bonds. The van der Waals surface area contributed by atoms with E-state index in [-0.39, 0.29) is 21.3 Å². The molecule has 0 radical (unpaired) electrons. The second kappa shape index (κ2) is 7.45. The van der Waals surface area contributed by atoms with Crippen LogP contribution in [-0.4, -0.2) is 18.6 Å². The zero-order valence-electron chi connectivity index (χ0n) is 15.4. The predicted molar refractivity (Wildman–Crippen MR) is 113 cm³/mol. The Morgan fingerprint density at radius 1 is 0.552 bits per heavy atom. The number of aromatic hydroxyl groups is 2. The Balaban J connectivity index is 1.77. The van der Waals surface area contributed by atoms with Crippen LogP contribution in [0.2, 0.25) is 0 Å². The molecule has 0 aromatic heterocycles. The highest BCUT2D eigenvalue weighted by atomic mass is 32.2. The van der Waals surface area contributed by atoms with Crippen LogP contribution in [-0.2, 0) is 9.84 Å². The van der Waals surface area contributed by atoms with Gasteiger partial charge in [-0.3, -0.25) is 0 Å². The Labute approximate surface area is 169 Å². The molecule has 5 heteroatoms. The molecule has 0 spiro atoms. The third-order valence-electron chi connectivity index (χ3n) is 4.74. The highest BCUT2D eigenvalue weighted by Gasteiger charge is 2.22. The Kier molecular flexibility index (Phi) is 4.82. The van der Waals surface area contributed by atoms with Gasteiger partial charge in [-0.05, 0) is 47.5 Å². The molecule has 0 saturated heterocycles. The summed E-state index contributed by atoms with van der Waals surface area (Å²) in [6.07, 6.45) is 0. The number of hydrogen-bond donors (Lipinski definition) is 2. The fraction of sp³-hybridized carbons (Fsp3) is 0. The maximum atomic E-state index is 13.3. The van der Waals surface area contributed by atoms with Gasteiger partial charge in [-0.1, -0.05) is 60.7 Å². The van der Waals surface area contributed by atoms with E-state index in [4.69, 9.17) is 0 Å². The van der Waals surface area contributed by atoms with Crippen LogP contribution >= 0.6 is 0 Å². The number of sulfone groups is 1. The first-order chi connectivity index (χ1) is 14.0. The first-order valence-electron chi connectivity index (χ1n) is 8.99. The van der Waals surface area contributed by atoms with Crippen molar-refractivity contribution in [2.75, 3.05) is 0 Å². The lowest BCUT2D eigenvalue weighted by Crippen LogP contribution is -2.04. The van der Waals surface area contributed by atoms with Crippen molar-refractivity contribution < 1.29 is 18.6 Å². The summed E-state index contributed by atoms with van der Waals surface area (Å²) in [5.74, 6) is 0.201. The van der Waals surface area contributed by atoms with E-state index in [1.807, 2.05) is 0 Å². The van der Waals surface area contributed by atoms with Gasteiger partial charge in [0.1, 0.15) is 11.5 Å². The molecule has 4 aromatic carbocycles. The Morgan fingerprint density at radius 2 is 1.07 bits per heavy atom. The normalized spacial score (nSPS) is 11.3. The lowest BCUT2D eigenvalue weighted by atomic mass is 10.0. The molecule has 0 fully saturated rings. The van der Waals surface area contributed by atoms with Crippen LogP contribution in [0.3, 0.4) is 0 Å². The van der Waals surface area contributed by atoms with E-state index in [9.17, 15) is 18.6 Å². The summed E-state index contributed by atoms with van der Waals surface area (Å²) >= 11 is 0. The van der Waals surface area contributed by atoms with Crippen LogP contribution in [0.15, 0.2) is 107 Å². The largest absolute Gasteiger partial charge is 0.508 e. The first kappa shape index (κ1) is 18.8. The fourth-order valence-corrected chi connectivity index (χ4v) is 4.71. The number of benzene rings is 4. The summed E-state index contributed by atoms with van der Waals surface area (Å²) in [4.78, 5) is 0.307. The SMILES string of the molecule is O=S(=O)(c1ccc(-c2ccc(O)cc2)cc1)c1ccccc1-c1ccccc1O. The third kappa shape index (κ3) is 3.60. The van der Waals surface area contributed by atoms with Crippen LogP contribution in [0.1, 0.15) is 0 Å². The van der Waals surface area contributed by atoms with Crippen LogP contribution in [0.4, 0.5) is 0 Å². The Bertz CT molecular complexity index is 1260. The molecule has 144 valence electrons. The third-order valence-corrected chi connectivity index (χ3v) is 6.56. The Hall–Kier alpha value is -3.57. The molecule has 4 aromatic rings. The van der Waals surface area contributed by atoms with Gasteiger partial charge >= 0.3 is 0 Å². The summed E-state index contributed by atoms with van der Waals surface area (Å²) in [7, 11) is -3.79. The summed E-state index contributed by atoms with van der Waals surface area (Å²) in [6.45, 7) is 0. The molecule has 4 nitrogen and oxygen atoms in total. The van der Waals surface area contributed by atoms with Crippen LogP contribution in [0.5, 0.6) is 11.5 Å². The van der Waals surface area contributed by atoms with Crippen molar-refractivity contribution in [2.24, 2.45) is 0 Å². The van der Waals surface area contributed by atoms with Crippen LogP contribution in [0, 0.1) is 0 Å². The molecule has 0 heterocycles. The van der Waals surface area contributed by atoms with E-state index < -0.39 is 9.84 Å². The van der Waals surface area contributed by atoms with Crippen molar-refractivity contribution in [2.45, 2.75) is 9.79 Å². The number of hydrogen-bond acceptors (Lipinski definition) is 4. The molecule has 4 rings (SSSR count). The monoisotopic (exact) mass is 402 g/mol. The molecule has 29 heavy (non-hydrogen) atoms. The van der Waals surface area contributed by atoms with Crippen LogP contribution < -0.4 is 0 Å². The van der Waals surface area contributed by atoms with Gasteiger partial charge < -0.3 is 10.2 Å². The number of phenolic OH excluding ortho intramolecular Hbond substituents is 2. The van der Waals surface area contributed by atoms with E-state index in [2.05, 4.69) is 0 Å². The number of phenols is 2. The van der Waals surface area contributed by atoms with E-state index in [0.717, 1.165) is 11.1 Å². The lowest BCUT2D eigenvalue weighted by Gasteiger charge is -2.12. The van der Waals surface area contributed by atoms with Crippen molar-refractivity contribution in [3.8, 4) is 33.8 Å². The minimum atomic E-state index is -3.79. The standard InChI is InChI=1S/C24H18O4S/c25-19-13-9-17(10-14-19)18-11-15-20(16-12-18)29(27,28)24-8-4-2-6-22(24)21-5-1-3-7-23(21)26/h1-16,25-26H. The van der Waals surface area contributed by atoms with Gasteiger partial charge in [0.25, 0.3) is 0 Å². The van der Waals surface area contributed by atoms with Gasteiger partial charge in [-0.25, -0.2) is 8.42 Å². The van der Waals surface area contributed by atoms with Crippen molar-refractivity contribution in [3.63, 3.8) is 0 Å². The smallest absolute Gasteiger partial charge is 0.207 e. The first-order valence-corrected chi connectivity index (χ1v) is 10.5. The summed E-state index contributed by atoms with van der Waals surface area (Å²) in [5.41, 5.74) is 2.64. The van der Waals surface area contributed by atoms with Gasteiger partial charge in [-0.15, -0.1) is 0 Å². The fourth-order valence-electron chi connectivity index (χ4n) is 3.23. The van der Waals surface area contributed by atoms with E-state index in [1.54, 1.807) is 91.0 Å². The summed E-state index contributed by atoms with van der Waals surface area (Å²) < 4.78 is 26.6. The molecule has 0 bridgehead atoms. The predicted octanol–water partition coefficient (Wildman–Crippen LogP) is 5.26. The van der Waals surface area contributed by atoms with Gasteiger partial charge in [0, 0.05) is 11.1 Å². The minimum Gasteiger partial charge on any atom is -0.508 e. The van der Waals surface area contributed by atoms with Crippen molar-refractivity contribution in [1.29, 1.82) is 0 Å². The topological polar surface area (TPSA) is 74.6 Å². The molecular weight excluding hydrogens is 384 g/mol. The van der Waals surface area contributed by atoms with E-state index >= 15 is 0 Å². The average molecular weight is 402 g/mol. The highest BCUT2D eigenvalue weighted by Crippen LogP contribution is 2.36. The maximum absolute atomic E-state index is 13.3. The molecule has 2 N–H and O–H groups in total. The zero-order valence-corrected chi connectivity index (χ0v) is 16.2. The highest BCUT2D eigenvalue weighted by molar-refractivity contribution is 7.91. The maximum Gasteiger partial charge on any atom is 0.207 e. The van der Waals surface area contributed by atoms with Gasteiger partial charge in [-0.2, -0.15) is 0 Å². The molecule has 0 saturated carbocycles. The number of rotatable bonds is 4. The lowest BCUT2D eigenvalue weighted by molar-refractivity contribution is 0.475. The van der Waals surface area contributed by atoms with Crippen molar-refractivity contribution in [3.05, 3.63) is 97.1 Å². The molecule has 0 aliphatic heterocycles. The molecule has 0 atom stereocenters. The quantitative estimate of drug-likeness (QED) is 0.488. The number of para-hydroxylation sites is 1. The van der Waals surface area contributed by atoms with Crippen LogP contribution in [0.25, 0.3) is 22.3 Å². The Morgan fingerprint density at radius 3 is 1.69 bits per heavy atom. The summed E-state index contributed by atoms with van der Waals surface area (Å²) in [6, 6.07) is 26.6. The minimum absolute atomic E-state index is 0.0258. The second-order valence-electron chi connectivity index (χ2n) is 6.59. The average Bonchev–Trinajstić information content (AvgIpc) is 2.75. The van der Waals surface area contributed by atoms with E-state index in [1.165, 1.54) is 6.07 Å². The van der Waals surface area contributed by atoms with Gasteiger partial charge in [0.05, 0.1) is 9.79 Å². The van der Waals surface area contributed by atoms with Gasteiger partial charge in [0.2, 0.25) is 9.84 Å². The molecule has 0 unspecified atom stereocenters. The van der Waals surface area contributed by atoms with Crippen molar-refractivity contribution in [1.82, 2.24) is 0 Å². The summed E-state index contributed by atoms with van der Waals surface area (Å²) in [5, 5.41) is 19.6.